The summed E-state index contributed by atoms with van der Waals surface area (Å²) in [6.45, 7) is 0. The first-order valence-electron chi connectivity index (χ1n) is 11.1. The fraction of sp³-hybridized carbons (Fsp3) is 0.0667. The lowest BCUT2D eigenvalue weighted by Crippen LogP contribution is -1.94. The first-order chi connectivity index (χ1) is 16.4. The molecule has 3 heteroatoms. The first kappa shape index (κ1) is 19.7. The van der Waals surface area contributed by atoms with Crippen LogP contribution in [0.1, 0.15) is 17.5 Å². The highest BCUT2D eigenvalue weighted by atomic mass is 32.1. The molecule has 1 aliphatic rings. The van der Waals surface area contributed by atoms with Crippen LogP contribution in [0.25, 0.3) is 49.5 Å². The molecule has 33 heavy (non-hydrogen) atoms. The van der Waals surface area contributed by atoms with Gasteiger partial charge in [-0.2, -0.15) is 0 Å². The molecule has 6 rings (SSSR count). The van der Waals surface area contributed by atoms with Gasteiger partial charge in [-0.05, 0) is 41.7 Å². The molecule has 0 saturated carbocycles. The van der Waals surface area contributed by atoms with E-state index in [0.717, 1.165) is 35.4 Å². The maximum atomic E-state index is 4.82. The second kappa shape index (κ2) is 8.50. The van der Waals surface area contributed by atoms with Gasteiger partial charge in [-0.1, -0.05) is 84.9 Å². The zero-order valence-corrected chi connectivity index (χ0v) is 18.8. The minimum Gasteiger partial charge on any atom is -0.252 e. The number of nitrogens with zero attached hydrogens (tertiary/aromatic N) is 2. The normalized spacial score (nSPS) is 12.2. The number of aromatic nitrogens is 2. The second-order valence-electron chi connectivity index (χ2n) is 8.00. The number of thiophene rings is 1. The van der Waals surface area contributed by atoms with Crippen LogP contribution in [-0.4, -0.2) is 9.97 Å². The Labute approximate surface area is 198 Å². The molecule has 2 nitrogen and oxygen atoms in total. The van der Waals surface area contributed by atoms with Crippen LogP contribution in [0.2, 0.25) is 0 Å². The standard InChI is InChI=1S/C30H20N2S/c1-3-11-21(12-4-1)23-15-7-8-16-24(23)29-25-17-9-10-18-26(25)30(33-29)28-20-31-27(19-32-28)22-13-5-2-6-14-22/h1-3,5-8,10-11,13-16,18-20H,9,17H2. The molecule has 0 spiro atoms. The highest BCUT2D eigenvalue weighted by Crippen LogP contribution is 2.46. The summed E-state index contributed by atoms with van der Waals surface area (Å²) < 4.78 is 0. The van der Waals surface area contributed by atoms with Gasteiger partial charge in [0.15, 0.2) is 0 Å². The van der Waals surface area contributed by atoms with Gasteiger partial charge in [-0.3, -0.25) is 9.97 Å². The lowest BCUT2D eigenvalue weighted by Gasteiger charge is -2.12. The Morgan fingerprint density at radius 2 is 1.55 bits per heavy atom. The van der Waals surface area contributed by atoms with Gasteiger partial charge in [0.2, 0.25) is 0 Å². The van der Waals surface area contributed by atoms with Crippen molar-refractivity contribution in [1.29, 1.82) is 0 Å². The van der Waals surface area contributed by atoms with Crippen molar-refractivity contribution in [2.75, 3.05) is 0 Å². The Morgan fingerprint density at radius 1 is 0.758 bits per heavy atom. The topological polar surface area (TPSA) is 25.8 Å². The highest BCUT2D eigenvalue weighted by molar-refractivity contribution is 7.19. The van der Waals surface area contributed by atoms with Crippen molar-refractivity contribution in [3.63, 3.8) is 0 Å². The van der Waals surface area contributed by atoms with Crippen molar-refractivity contribution in [2.24, 2.45) is 0 Å². The predicted molar refractivity (Wildman–Crippen MR) is 137 cm³/mol. The van der Waals surface area contributed by atoms with Crippen molar-refractivity contribution in [2.45, 2.75) is 12.8 Å². The molecule has 2 heterocycles. The van der Waals surface area contributed by atoms with Crippen molar-refractivity contribution in [1.82, 2.24) is 9.97 Å². The van der Waals surface area contributed by atoms with E-state index in [-0.39, 0.29) is 0 Å². The van der Waals surface area contributed by atoms with E-state index >= 15 is 0 Å². The Kier molecular flexibility index (Phi) is 5.07. The minimum atomic E-state index is 0.891. The molecule has 2 aromatic heterocycles. The number of hydrogen-bond donors (Lipinski definition) is 0. The molecule has 0 atom stereocenters. The summed E-state index contributed by atoms with van der Waals surface area (Å²) in [7, 11) is 0. The minimum absolute atomic E-state index is 0.891. The van der Waals surface area contributed by atoms with E-state index in [0.29, 0.717) is 0 Å². The molecule has 0 saturated heterocycles. The number of hydrogen-bond acceptors (Lipinski definition) is 3. The summed E-state index contributed by atoms with van der Waals surface area (Å²) in [4.78, 5) is 12.0. The molecule has 1 aliphatic carbocycles. The molecule has 3 aromatic carbocycles. The smallest absolute Gasteiger partial charge is 0.0991 e. The molecule has 156 valence electrons. The summed E-state index contributed by atoms with van der Waals surface area (Å²) in [5.74, 6) is 0. The summed E-state index contributed by atoms with van der Waals surface area (Å²) >= 11 is 1.81. The number of rotatable bonds is 4. The van der Waals surface area contributed by atoms with E-state index in [1.165, 1.54) is 32.0 Å². The van der Waals surface area contributed by atoms with Crippen molar-refractivity contribution >= 4 is 17.4 Å². The molecular formula is C30H20N2S. The average molecular weight is 441 g/mol. The van der Waals surface area contributed by atoms with Gasteiger partial charge in [0, 0.05) is 21.6 Å². The van der Waals surface area contributed by atoms with Crippen LogP contribution in [0.4, 0.5) is 0 Å². The van der Waals surface area contributed by atoms with E-state index in [4.69, 9.17) is 9.97 Å². The molecule has 0 amide bonds. The van der Waals surface area contributed by atoms with E-state index in [1.807, 2.05) is 54.1 Å². The molecule has 0 fully saturated rings. The largest absolute Gasteiger partial charge is 0.252 e. The van der Waals surface area contributed by atoms with Crippen LogP contribution in [-0.2, 0) is 6.42 Å². The zero-order valence-electron chi connectivity index (χ0n) is 18.0. The van der Waals surface area contributed by atoms with Crippen LogP contribution in [0.3, 0.4) is 0 Å². The van der Waals surface area contributed by atoms with Crippen LogP contribution in [0.5, 0.6) is 0 Å². The maximum Gasteiger partial charge on any atom is 0.0991 e. The van der Waals surface area contributed by atoms with Gasteiger partial charge >= 0.3 is 0 Å². The molecular weight excluding hydrogens is 420 g/mol. The first-order valence-corrected chi connectivity index (χ1v) is 11.9. The van der Waals surface area contributed by atoms with Crippen LogP contribution < -0.4 is 0 Å². The summed E-state index contributed by atoms with van der Waals surface area (Å²) in [6, 6.07) is 31.2. The number of benzene rings is 2. The lowest BCUT2D eigenvalue weighted by molar-refractivity contribution is 0.996. The van der Waals surface area contributed by atoms with Gasteiger partial charge in [0.05, 0.1) is 28.7 Å². The average Bonchev–Trinajstić information content (AvgIpc) is 3.29. The quantitative estimate of drug-likeness (QED) is 0.285. The summed E-state index contributed by atoms with van der Waals surface area (Å²) in [5, 5.41) is 0. The van der Waals surface area contributed by atoms with Crippen molar-refractivity contribution in [3.05, 3.63) is 115 Å². The number of allylic oxidation sites excluding steroid dienone is 1. The predicted octanol–water partition coefficient (Wildman–Crippen LogP) is 7.77. The van der Waals surface area contributed by atoms with E-state index in [2.05, 4.69) is 66.7 Å². The Balaban J connectivity index is 1.48. The zero-order chi connectivity index (χ0) is 22.0. The van der Waals surface area contributed by atoms with Crippen LogP contribution in [0.15, 0.2) is 91.3 Å². The third kappa shape index (κ3) is 3.65. The fourth-order valence-electron chi connectivity index (χ4n) is 4.37. The second-order valence-corrected chi connectivity index (χ2v) is 9.02. The Morgan fingerprint density at radius 3 is 2.33 bits per heavy atom. The Bertz CT molecular complexity index is 1430. The molecule has 0 aliphatic heterocycles. The van der Waals surface area contributed by atoms with Gasteiger partial charge in [0.25, 0.3) is 0 Å². The fourth-order valence-corrected chi connectivity index (χ4v) is 5.71. The van der Waals surface area contributed by atoms with Gasteiger partial charge < -0.3 is 0 Å². The van der Waals surface area contributed by atoms with Gasteiger partial charge in [-0.15, -0.1) is 11.3 Å². The van der Waals surface area contributed by atoms with Gasteiger partial charge in [-0.25, -0.2) is 0 Å². The SMILES string of the molecule is c1cccc(-c2ccccc2-c2sc(-c3cnc(-c4ccccc4)cn3)c3c2CCC=C3)c#1. The molecule has 0 N–H and O–H groups in total. The van der Waals surface area contributed by atoms with Crippen molar-refractivity contribution in [3.8, 4) is 43.4 Å². The third-order valence-corrected chi connectivity index (χ3v) is 7.26. The monoisotopic (exact) mass is 440 g/mol. The van der Waals surface area contributed by atoms with E-state index in [1.54, 1.807) is 0 Å². The summed E-state index contributed by atoms with van der Waals surface area (Å²) in [6.07, 6.45) is 10.4. The molecule has 0 unspecified atom stereocenters. The van der Waals surface area contributed by atoms with Gasteiger partial charge in [0.1, 0.15) is 0 Å². The number of fused-ring (bicyclic) bond motifs is 1. The van der Waals surface area contributed by atoms with Crippen LogP contribution in [0, 0.1) is 12.1 Å². The Hall–Kier alpha value is -4.00. The molecule has 5 aromatic rings. The molecule has 0 bridgehead atoms. The highest BCUT2D eigenvalue weighted by Gasteiger charge is 2.23. The molecule has 0 radical (unpaired) electrons. The lowest BCUT2D eigenvalue weighted by atomic mass is 9.92. The third-order valence-electron chi connectivity index (χ3n) is 5.96. The van der Waals surface area contributed by atoms with E-state index < -0.39 is 0 Å². The van der Waals surface area contributed by atoms with Crippen LogP contribution >= 0.6 is 11.3 Å². The van der Waals surface area contributed by atoms with Crippen molar-refractivity contribution < 1.29 is 0 Å². The summed E-state index contributed by atoms with van der Waals surface area (Å²) in [5.41, 5.74) is 9.06. The van der Waals surface area contributed by atoms with E-state index in [9.17, 15) is 0 Å². The maximum absolute atomic E-state index is 4.82.